The molecule has 2 unspecified atom stereocenters. The molecule has 0 aliphatic heterocycles. The first-order valence-electron chi connectivity index (χ1n) is 9.74. The highest BCUT2D eigenvalue weighted by Crippen LogP contribution is 2.64. The van der Waals surface area contributed by atoms with Crippen LogP contribution in [-0.2, 0) is 16.1 Å². The van der Waals surface area contributed by atoms with Crippen LogP contribution in [0.15, 0.2) is 33.5 Å². The third-order valence-electron chi connectivity index (χ3n) is 6.77. The lowest BCUT2D eigenvalue weighted by Gasteiger charge is -2.58. The third kappa shape index (κ3) is 2.95. The maximum atomic E-state index is 13.1. The van der Waals surface area contributed by atoms with Crippen molar-refractivity contribution in [3.63, 3.8) is 0 Å². The standard InChI is InChI=1S/C22H23BrO4/c1-13-2-3-17-16(6-19(24)27-18(17)4-13)11-26-20(25)21-7-14-5-15(8-21)10-22(23,9-14)12-21/h2-4,6,14-15H,5,7-12H2,1H3. The molecule has 5 heteroatoms. The summed E-state index contributed by atoms with van der Waals surface area (Å²) in [5.41, 5.74) is 1.53. The van der Waals surface area contributed by atoms with E-state index in [1.165, 1.54) is 25.3 Å². The van der Waals surface area contributed by atoms with E-state index >= 15 is 0 Å². The van der Waals surface area contributed by atoms with Gasteiger partial charge in [0, 0.05) is 21.3 Å². The Morgan fingerprint density at radius 2 is 1.96 bits per heavy atom. The van der Waals surface area contributed by atoms with Crippen LogP contribution in [0.1, 0.15) is 49.7 Å². The van der Waals surface area contributed by atoms with E-state index in [4.69, 9.17) is 9.15 Å². The number of rotatable bonds is 3. The molecule has 0 N–H and O–H groups in total. The zero-order valence-electron chi connectivity index (χ0n) is 15.4. The van der Waals surface area contributed by atoms with Crippen LogP contribution >= 0.6 is 15.9 Å². The second kappa shape index (κ2) is 5.94. The molecule has 2 atom stereocenters. The summed E-state index contributed by atoms with van der Waals surface area (Å²) in [5.74, 6) is 1.17. The van der Waals surface area contributed by atoms with Crippen LogP contribution in [0.5, 0.6) is 0 Å². The molecule has 0 spiro atoms. The molecule has 0 amide bonds. The van der Waals surface area contributed by atoms with Crippen LogP contribution in [0.25, 0.3) is 11.0 Å². The summed E-state index contributed by atoms with van der Waals surface area (Å²) in [6.45, 7) is 2.08. The molecular formula is C22H23BrO4. The minimum absolute atomic E-state index is 0.0890. The number of alkyl halides is 1. The molecule has 1 aromatic carbocycles. The maximum Gasteiger partial charge on any atom is 0.336 e. The highest BCUT2D eigenvalue weighted by molar-refractivity contribution is 9.10. The van der Waals surface area contributed by atoms with E-state index < -0.39 is 5.63 Å². The molecule has 2 aromatic rings. The lowest BCUT2D eigenvalue weighted by atomic mass is 9.49. The summed E-state index contributed by atoms with van der Waals surface area (Å²) in [5, 5.41) is 0.829. The Morgan fingerprint density at radius 1 is 1.22 bits per heavy atom. The van der Waals surface area contributed by atoms with Crippen LogP contribution in [-0.4, -0.2) is 10.3 Å². The number of aryl methyl sites for hydroxylation is 1. The van der Waals surface area contributed by atoms with Crippen molar-refractivity contribution < 1.29 is 13.9 Å². The zero-order chi connectivity index (χ0) is 18.8. The van der Waals surface area contributed by atoms with E-state index in [9.17, 15) is 9.59 Å². The quantitative estimate of drug-likeness (QED) is 0.395. The van der Waals surface area contributed by atoms with Crippen LogP contribution < -0.4 is 5.63 Å². The molecular weight excluding hydrogens is 408 g/mol. The second-order valence-corrected chi connectivity index (χ2v) is 10.7. The molecule has 4 bridgehead atoms. The van der Waals surface area contributed by atoms with Gasteiger partial charge in [-0.25, -0.2) is 4.79 Å². The summed E-state index contributed by atoms with van der Waals surface area (Å²) in [6, 6.07) is 7.18. The number of hydrogen-bond donors (Lipinski definition) is 0. The van der Waals surface area contributed by atoms with Gasteiger partial charge in [0.25, 0.3) is 0 Å². The molecule has 1 heterocycles. The van der Waals surface area contributed by atoms with Crippen molar-refractivity contribution in [2.45, 2.75) is 56.4 Å². The van der Waals surface area contributed by atoms with Gasteiger partial charge in [0.2, 0.25) is 0 Å². The maximum absolute atomic E-state index is 13.1. The Kier molecular flexibility index (Phi) is 3.84. The largest absolute Gasteiger partial charge is 0.460 e. The molecule has 0 radical (unpaired) electrons. The van der Waals surface area contributed by atoms with Gasteiger partial charge < -0.3 is 9.15 Å². The summed E-state index contributed by atoms with van der Waals surface area (Å²) in [6.07, 6.45) is 6.40. The molecule has 27 heavy (non-hydrogen) atoms. The van der Waals surface area contributed by atoms with Crippen molar-refractivity contribution in [2.24, 2.45) is 17.3 Å². The first-order chi connectivity index (χ1) is 12.8. The molecule has 4 aliphatic rings. The summed E-state index contributed by atoms with van der Waals surface area (Å²) < 4.78 is 11.2. The normalized spacial score (nSPS) is 34.1. The van der Waals surface area contributed by atoms with E-state index in [1.807, 2.05) is 25.1 Å². The highest BCUT2D eigenvalue weighted by Gasteiger charge is 2.60. The van der Waals surface area contributed by atoms with Gasteiger partial charge in [-0.1, -0.05) is 28.1 Å². The minimum Gasteiger partial charge on any atom is -0.460 e. The van der Waals surface area contributed by atoms with Crippen LogP contribution in [0.2, 0.25) is 0 Å². The molecule has 4 fully saturated rings. The molecule has 142 valence electrons. The van der Waals surface area contributed by atoms with Gasteiger partial charge in [-0.05, 0) is 68.9 Å². The first-order valence-corrected chi connectivity index (χ1v) is 10.5. The lowest BCUT2D eigenvalue weighted by Crippen LogP contribution is -2.56. The fourth-order valence-corrected chi connectivity index (χ4v) is 7.59. The summed E-state index contributed by atoms with van der Waals surface area (Å²) >= 11 is 3.94. The predicted octanol–water partition coefficient (Wildman–Crippen LogP) is 4.88. The van der Waals surface area contributed by atoms with Gasteiger partial charge in [0.15, 0.2) is 0 Å². The van der Waals surface area contributed by atoms with Gasteiger partial charge in [0.05, 0.1) is 5.41 Å². The average Bonchev–Trinajstić information content (AvgIpc) is 2.56. The lowest BCUT2D eigenvalue weighted by molar-refractivity contribution is -0.170. The molecule has 4 saturated carbocycles. The topological polar surface area (TPSA) is 56.5 Å². The second-order valence-electron chi connectivity index (χ2n) is 9.06. The molecule has 0 saturated heterocycles. The van der Waals surface area contributed by atoms with Gasteiger partial charge in [-0.3, -0.25) is 4.79 Å². The number of hydrogen-bond acceptors (Lipinski definition) is 4. The molecule has 1 aromatic heterocycles. The van der Waals surface area contributed by atoms with Crippen molar-refractivity contribution in [3.05, 3.63) is 45.8 Å². The Bertz CT molecular complexity index is 977. The number of carbonyl (C=O) groups is 1. The van der Waals surface area contributed by atoms with Crippen LogP contribution in [0.3, 0.4) is 0 Å². The predicted molar refractivity (Wildman–Crippen MR) is 106 cm³/mol. The average molecular weight is 431 g/mol. The Labute approximate surface area is 166 Å². The summed E-state index contributed by atoms with van der Waals surface area (Å²) in [4.78, 5) is 25.1. The molecule has 6 rings (SSSR count). The van der Waals surface area contributed by atoms with E-state index in [-0.39, 0.29) is 22.3 Å². The van der Waals surface area contributed by atoms with Crippen molar-refractivity contribution in [1.82, 2.24) is 0 Å². The number of benzene rings is 1. The minimum atomic E-state index is -0.409. The van der Waals surface area contributed by atoms with Gasteiger partial charge in [-0.2, -0.15) is 0 Å². The molecule has 4 aliphatic carbocycles. The number of ether oxygens (including phenoxy) is 1. The fraction of sp³-hybridized carbons (Fsp3) is 0.545. The number of carbonyl (C=O) groups excluding carboxylic acids is 1. The van der Waals surface area contributed by atoms with E-state index in [1.54, 1.807) is 0 Å². The van der Waals surface area contributed by atoms with E-state index in [0.717, 1.165) is 30.2 Å². The van der Waals surface area contributed by atoms with Gasteiger partial charge in [-0.15, -0.1) is 0 Å². The van der Waals surface area contributed by atoms with Crippen LogP contribution in [0, 0.1) is 24.2 Å². The fourth-order valence-electron chi connectivity index (χ4n) is 6.14. The highest BCUT2D eigenvalue weighted by atomic mass is 79.9. The van der Waals surface area contributed by atoms with Crippen molar-refractivity contribution in [1.29, 1.82) is 0 Å². The van der Waals surface area contributed by atoms with Crippen molar-refractivity contribution in [3.8, 4) is 0 Å². The number of fused-ring (bicyclic) bond motifs is 1. The Morgan fingerprint density at radius 3 is 2.67 bits per heavy atom. The van der Waals surface area contributed by atoms with E-state index in [2.05, 4.69) is 15.9 Å². The SMILES string of the molecule is Cc1ccc2c(COC(=O)C34CC5CC(CC(Br)(C5)C3)C4)cc(=O)oc2c1. The first kappa shape index (κ1) is 17.5. The van der Waals surface area contributed by atoms with Gasteiger partial charge in [0.1, 0.15) is 12.2 Å². The van der Waals surface area contributed by atoms with Crippen molar-refractivity contribution in [2.75, 3.05) is 0 Å². The monoisotopic (exact) mass is 430 g/mol. The smallest absolute Gasteiger partial charge is 0.336 e. The number of halogens is 1. The third-order valence-corrected chi connectivity index (χ3v) is 7.70. The Balaban J connectivity index is 1.40. The Hall–Kier alpha value is -1.62. The molecule has 4 nitrogen and oxygen atoms in total. The van der Waals surface area contributed by atoms with Crippen LogP contribution in [0.4, 0.5) is 0 Å². The van der Waals surface area contributed by atoms with E-state index in [0.29, 0.717) is 23.0 Å². The summed E-state index contributed by atoms with van der Waals surface area (Å²) in [7, 11) is 0. The zero-order valence-corrected chi connectivity index (χ0v) is 17.0. The van der Waals surface area contributed by atoms with Crippen molar-refractivity contribution >= 4 is 32.9 Å². The number of esters is 1. The van der Waals surface area contributed by atoms with Gasteiger partial charge >= 0.3 is 11.6 Å².